The van der Waals surface area contributed by atoms with E-state index in [1.54, 1.807) is 12.4 Å². The average molecular weight is 728 g/mol. The lowest BCUT2D eigenvalue weighted by molar-refractivity contribution is 1.24. The van der Waals surface area contributed by atoms with Gasteiger partial charge in [0.15, 0.2) is 0 Å². The number of nitrogens with two attached hydrogens (primary N) is 1. The molecule has 0 saturated heterocycles. The quantitative estimate of drug-likeness (QED) is 0.101. The van der Waals surface area contributed by atoms with E-state index < -0.39 is 0 Å². The lowest BCUT2D eigenvalue weighted by atomic mass is 10.0. The number of nitrogens with one attached hydrogen (secondary N) is 1. The van der Waals surface area contributed by atoms with Crippen LogP contribution in [0.15, 0.2) is 209 Å². The number of halogens is 1. The number of hydrazone groups is 2. The summed E-state index contributed by atoms with van der Waals surface area (Å²) >= 11 is 3.47. The van der Waals surface area contributed by atoms with Crippen LogP contribution < -0.4 is 11.3 Å². The number of fused-ring (bicyclic) bond motifs is 2. The summed E-state index contributed by atoms with van der Waals surface area (Å²) in [5.41, 5.74) is 10.1. The third-order valence-corrected chi connectivity index (χ3v) is 8.61. The van der Waals surface area contributed by atoms with Crippen molar-refractivity contribution in [3.8, 4) is 0 Å². The van der Waals surface area contributed by atoms with Crippen molar-refractivity contribution in [3.63, 3.8) is 0 Å². The first-order valence-electron chi connectivity index (χ1n) is 16.4. The smallest absolute Gasteiger partial charge is 0.0977 e. The van der Waals surface area contributed by atoms with Gasteiger partial charge in [-0.2, -0.15) is 10.2 Å². The summed E-state index contributed by atoms with van der Waals surface area (Å²) in [6.45, 7) is 0. The number of aromatic nitrogens is 2. The molecule has 8 aromatic rings. The van der Waals surface area contributed by atoms with Gasteiger partial charge < -0.3 is 5.84 Å². The van der Waals surface area contributed by atoms with Gasteiger partial charge in [0.2, 0.25) is 0 Å². The van der Waals surface area contributed by atoms with Crippen molar-refractivity contribution in [1.29, 1.82) is 0 Å². The number of benzene rings is 6. The third kappa shape index (κ3) is 9.17. The molecule has 8 rings (SSSR count). The summed E-state index contributed by atoms with van der Waals surface area (Å²) in [5.74, 6) is 5.42. The molecule has 2 heterocycles. The number of pyridine rings is 2. The Bertz CT molecular complexity index is 2250. The normalized spacial score (nSPS) is 10.1. The van der Waals surface area contributed by atoms with Gasteiger partial charge in [0, 0.05) is 67.7 Å². The standard InChI is InChI=1S/C22H17N3.C13H12N2.C9H6BrN/c1-3-8-17(9-4-1)22(18-10-5-2-6-11-18)25-24-21-13-7-12-19-16-23-15-14-20(19)21;14-15-13(11-7-3-1-4-8-11)12-9-5-2-6-10-12;10-9-3-1-2-7-6-11-5-4-8(7)9/h1-16,24H;1-10H,14H2;1-6H. The maximum atomic E-state index is 5.42. The SMILES string of the molecule is Brc1cccc2cnccc12.NN=C(c1ccccc1)c1ccccc1.c1ccc(C(=NNc2cccc3cnccc23)c2ccccc2)cc1. The molecule has 51 heavy (non-hydrogen) atoms. The first-order chi connectivity index (χ1) is 25.2. The molecule has 0 aliphatic heterocycles. The minimum atomic E-state index is 0.816. The Morgan fingerprint density at radius 3 is 1.37 bits per heavy atom. The van der Waals surface area contributed by atoms with E-state index in [1.807, 2.05) is 158 Å². The fourth-order valence-electron chi connectivity index (χ4n) is 5.41. The van der Waals surface area contributed by atoms with E-state index in [9.17, 15) is 0 Å². The first kappa shape index (κ1) is 34.4. The van der Waals surface area contributed by atoms with Gasteiger partial charge in [-0.05, 0) is 29.7 Å². The Balaban J connectivity index is 0.000000146. The Labute approximate surface area is 306 Å². The second kappa shape index (κ2) is 17.8. The molecule has 3 N–H and O–H groups in total. The van der Waals surface area contributed by atoms with E-state index in [1.165, 1.54) is 10.8 Å². The summed E-state index contributed by atoms with van der Waals surface area (Å²) in [4.78, 5) is 8.21. The molecule has 0 bridgehead atoms. The second-order valence-corrected chi connectivity index (χ2v) is 12.1. The number of rotatable bonds is 6. The van der Waals surface area contributed by atoms with Crippen LogP contribution in [-0.4, -0.2) is 21.4 Å². The highest BCUT2D eigenvalue weighted by atomic mass is 79.9. The van der Waals surface area contributed by atoms with E-state index in [0.29, 0.717) is 0 Å². The molecule has 0 aliphatic carbocycles. The van der Waals surface area contributed by atoms with Crippen LogP contribution in [0.5, 0.6) is 0 Å². The van der Waals surface area contributed by atoms with Crippen molar-refractivity contribution in [2.45, 2.75) is 0 Å². The second-order valence-electron chi connectivity index (χ2n) is 11.3. The molecule has 0 unspecified atom stereocenters. The van der Waals surface area contributed by atoms with Gasteiger partial charge in [0.05, 0.1) is 17.1 Å². The molecular weight excluding hydrogens is 692 g/mol. The maximum Gasteiger partial charge on any atom is 0.0977 e. The Morgan fingerprint density at radius 2 is 0.902 bits per heavy atom. The lowest BCUT2D eigenvalue weighted by Gasteiger charge is -2.10. The molecule has 0 amide bonds. The Kier molecular flexibility index (Phi) is 12.0. The molecule has 6 nitrogen and oxygen atoms in total. The lowest BCUT2D eigenvalue weighted by Crippen LogP contribution is -2.06. The minimum Gasteiger partial charge on any atom is -0.323 e. The fourth-order valence-corrected chi connectivity index (χ4v) is 5.93. The molecule has 0 atom stereocenters. The molecule has 0 aliphatic rings. The highest BCUT2D eigenvalue weighted by Gasteiger charge is 2.08. The highest BCUT2D eigenvalue weighted by molar-refractivity contribution is 9.10. The molecular formula is C44H35BrN6. The van der Waals surface area contributed by atoms with Crippen molar-refractivity contribution < 1.29 is 0 Å². The highest BCUT2D eigenvalue weighted by Crippen LogP contribution is 2.23. The average Bonchev–Trinajstić information content (AvgIpc) is 3.21. The largest absolute Gasteiger partial charge is 0.323 e. The van der Waals surface area contributed by atoms with Gasteiger partial charge in [-0.15, -0.1) is 0 Å². The summed E-state index contributed by atoms with van der Waals surface area (Å²) in [6.07, 6.45) is 7.32. The molecule has 6 aromatic carbocycles. The zero-order valence-electron chi connectivity index (χ0n) is 27.7. The number of anilines is 1. The molecule has 7 heteroatoms. The zero-order chi connectivity index (χ0) is 35.1. The van der Waals surface area contributed by atoms with Gasteiger partial charge in [0.25, 0.3) is 0 Å². The first-order valence-corrected chi connectivity index (χ1v) is 17.1. The number of hydrogen-bond acceptors (Lipinski definition) is 6. The van der Waals surface area contributed by atoms with Gasteiger partial charge in [0.1, 0.15) is 0 Å². The van der Waals surface area contributed by atoms with Crippen molar-refractivity contribution in [3.05, 3.63) is 221 Å². The molecule has 0 radical (unpaired) electrons. The molecule has 0 spiro atoms. The minimum absolute atomic E-state index is 0.816. The van der Waals surface area contributed by atoms with Crippen molar-refractivity contribution in [1.82, 2.24) is 9.97 Å². The summed E-state index contributed by atoms with van der Waals surface area (Å²) in [6, 6.07) is 56.4. The third-order valence-electron chi connectivity index (χ3n) is 7.91. The van der Waals surface area contributed by atoms with E-state index >= 15 is 0 Å². The maximum absolute atomic E-state index is 5.42. The van der Waals surface area contributed by atoms with Gasteiger partial charge in [-0.1, -0.05) is 162 Å². The van der Waals surface area contributed by atoms with Crippen LogP contribution in [0.2, 0.25) is 0 Å². The van der Waals surface area contributed by atoms with Crippen LogP contribution in [0.3, 0.4) is 0 Å². The zero-order valence-corrected chi connectivity index (χ0v) is 29.3. The summed E-state index contributed by atoms with van der Waals surface area (Å²) in [7, 11) is 0. The number of hydrogen-bond donors (Lipinski definition) is 2. The Hall–Kier alpha value is -6.44. The van der Waals surface area contributed by atoms with E-state index in [0.717, 1.165) is 54.6 Å². The van der Waals surface area contributed by atoms with Gasteiger partial charge in [-0.25, -0.2) is 0 Å². The van der Waals surface area contributed by atoms with Gasteiger partial charge >= 0.3 is 0 Å². The molecule has 2 aromatic heterocycles. The number of nitrogens with zero attached hydrogens (tertiary/aromatic N) is 4. The monoisotopic (exact) mass is 726 g/mol. The molecule has 0 saturated carbocycles. The molecule has 248 valence electrons. The Morgan fingerprint density at radius 1 is 0.471 bits per heavy atom. The molecule has 0 fully saturated rings. The van der Waals surface area contributed by atoms with Crippen molar-refractivity contribution >= 4 is 54.6 Å². The van der Waals surface area contributed by atoms with Crippen LogP contribution in [-0.2, 0) is 0 Å². The van der Waals surface area contributed by atoms with Crippen LogP contribution in [0.4, 0.5) is 5.69 Å². The summed E-state index contributed by atoms with van der Waals surface area (Å²) < 4.78 is 1.12. The van der Waals surface area contributed by atoms with Crippen LogP contribution in [0.1, 0.15) is 22.3 Å². The van der Waals surface area contributed by atoms with Crippen molar-refractivity contribution in [2.75, 3.05) is 5.43 Å². The van der Waals surface area contributed by atoms with Gasteiger partial charge in [-0.3, -0.25) is 15.4 Å². The van der Waals surface area contributed by atoms with Crippen molar-refractivity contribution in [2.24, 2.45) is 16.0 Å². The van der Waals surface area contributed by atoms with E-state index in [2.05, 4.69) is 60.7 Å². The fraction of sp³-hybridized carbons (Fsp3) is 0. The summed E-state index contributed by atoms with van der Waals surface area (Å²) in [5, 5.41) is 13.1. The van der Waals surface area contributed by atoms with Crippen LogP contribution >= 0.6 is 15.9 Å². The van der Waals surface area contributed by atoms with E-state index in [4.69, 9.17) is 10.9 Å². The van der Waals surface area contributed by atoms with E-state index in [-0.39, 0.29) is 0 Å². The van der Waals surface area contributed by atoms with Crippen LogP contribution in [0.25, 0.3) is 21.5 Å². The predicted octanol–water partition coefficient (Wildman–Crippen LogP) is 10.5. The van der Waals surface area contributed by atoms with Crippen LogP contribution in [0, 0.1) is 0 Å². The topological polar surface area (TPSA) is 88.5 Å². The predicted molar refractivity (Wildman–Crippen MR) is 216 cm³/mol.